The number of benzene rings is 1. The molecule has 2 aromatic rings. The molecule has 0 radical (unpaired) electrons. The third kappa shape index (κ3) is 2.72. The normalized spacial score (nSPS) is 15.8. The number of hydrogen-bond acceptors (Lipinski definition) is 5. The number of para-hydroxylation sites is 1. The van der Waals surface area contributed by atoms with E-state index in [4.69, 9.17) is 15.2 Å². The molecule has 0 bridgehead atoms. The second-order valence-corrected chi connectivity index (χ2v) is 6.01. The summed E-state index contributed by atoms with van der Waals surface area (Å²) in [6.07, 6.45) is 0. The minimum Gasteiger partial charge on any atom is -0.494 e. The molecule has 2 N–H and O–H groups in total. The van der Waals surface area contributed by atoms with Crippen LogP contribution in [-0.2, 0) is 6.54 Å². The van der Waals surface area contributed by atoms with Gasteiger partial charge in [0, 0.05) is 23.9 Å². The zero-order valence-corrected chi connectivity index (χ0v) is 15.1. The van der Waals surface area contributed by atoms with Crippen molar-refractivity contribution in [2.45, 2.75) is 33.2 Å². The molecule has 0 amide bonds. The Kier molecular flexibility index (Phi) is 4.72. The third-order valence-corrected chi connectivity index (χ3v) is 4.54. The fourth-order valence-electron chi connectivity index (χ4n) is 3.40. The van der Waals surface area contributed by atoms with Gasteiger partial charge in [0.15, 0.2) is 0 Å². The van der Waals surface area contributed by atoms with Gasteiger partial charge in [-0.15, -0.1) is 0 Å². The highest BCUT2D eigenvalue weighted by Gasteiger charge is 2.35. The number of aryl methyl sites for hydroxylation is 1. The van der Waals surface area contributed by atoms with Crippen molar-refractivity contribution in [1.82, 2.24) is 4.57 Å². The van der Waals surface area contributed by atoms with Crippen LogP contribution in [0, 0.1) is 18.3 Å². The zero-order chi connectivity index (χ0) is 18.8. The number of nitrogens with zero attached hydrogens (tertiary/aromatic N) is 2. The Bertz CT molecular complexity index is 983. The molecule has 26 heavy (non-hydrogen) atoms. The van der Waals surface area contributed by atoms with Crippen LogP contribution in [-0.4, -0.2) is 11.2 Å². The van der Waals surface area contributed by atoms with Crippen LogP contribution in [0.5, 0.6) is 11.5 Å². The molecule has 2 heterocycles. The molecule has 0 saturated heterocycles. The SMILES string of the molecule is CCOc1ccccc1[C@H]1C(C#N)=C(N)Oc2cc(C)n(CC)c(=O)c21. The first kappa shape index (κ1) is 17.6. The summed E-state index contributed by atoms with van der Waals surface area (Å²) < 4.78 is 13.0. The Balaban J connectivity index is 2.35. The average Bonchev–Trinajstić information content (AvgIpc) is 2.62. The predicted octanol–water partition coefficient (Wildman–Crippen LogP) is 2.79. The number of pyridine rings is 1. The molecule has 134 valence electrons. The standard InChI is InChI=1S/C20H21N3O3/c1-4-23-12(3)10-16-18(20(23)24)17(14(11-21)19(22)26-16)13-8-6-7-9-15(13)25-5-2/h6-10,17H,4-5,22H2,1-3H3/t17-/m0/s1. The summed E-state index contributed by atoms with van der Waals surface area (Å²) in [5, 5.41) is 9.69. The summed E-state index contributed by atoms with van der Waals surface area (Å²) in [6, 6.07) is 11.3. The highest BCUT2D eigenvalue weighted by atomic mass is 16.5. The van der Waals surface area contributed by atoms with Gasteiger partial charge in [0.1, 0.15) is 23.1 Å². The Morgan fingerprint density at radius 2 is 2.08 bits per heavy atom. The number of nitriles is 1. The molecule has 0 aliphatic carbocycles. The van der Waals surface area contributed by atoms with E-state index in [0.29, 0.717) is 30.2 Å². The molecule has 6 nitrogen and oxygen atoms in total. The second-order valence-electron chi connectivity index (χ2n) is 6.01. The van der Waals surface area contributed by atoms with Crippen LogP contribution in [0.2, 0.25) is 0 Å². The second kappa shape index (κ2) is 6.96. The molecule has 1 aromatic heterocycles. The Morgan fingerprint density at radius 1 is 1.35 bits per heavy atom. The average molecular weight is 351 g/mol. The maximum absolute atomic E-state index is 13.2. The van der Waals surface area contributed by atoms with Crippen LogP contribution in [0.15, 0.2) is 46.6 Å². The van der Waals surface area contributed by atoms with E-state index >= 15 is 0 Å². The summed E-state index contributed by atoms with van der Waals surface area (Å²) >= 11 is 0. The van der Waals surface area contributed by atoms with E-state index in [0.717, 1.165) is 11.3 Å². The van der Waals surface area contributed by atoms with Gasteiger partial charge in [-0.2, -0.15) is 5.26 Å². The molecular formula is C20H21N3O3. The highest BCUT2D eigenvalue weighted by Crippen LogP contribution is 2.43. The molecule has 6 heteroatoms. The van der Waals surface area contributed by atoms with Gasteiger partial charge < -0.3 is 19.8 Å². The van der Waals surface area contributed by atoms with Crippen LogP contribution < -0.4 is 20.8 Å². The van der Waals surface area contributed by atoms with Gasteiger partial charge >= 0.3 is 0 Å². The van der Waals surface area contributed by atoms with Crippen LogP contribution >= 0.6 is 0 Å². The Hall–Kier alpha value is -3.20. The summed E-state index contributed by atoms with van der Waals surface area (Å²) in [5.74, 6) is 0.406. The first-order chi connectivity index (χ1) is 12.5. The summed E-state index contributed by atoms with van der Waals surface area (Å²) in [6.45, 7) is 6.64. The number of ether oxygens (including phenoxy) is 2. The van der Waals surface area contributed by atoms with Gasteiger partial charge in [-0.25, -0.2) is 0 Å². The number of aromatic nitrogens is 1. The molecule has 1 atom stereocenters. The van der Waals surface area contributed by atoms with Gasteiger partial charge in [-0.1, -0.05) is 18.2 Å². The number of rotatable bonds is 4. The van der Waals surface area contributed by atoms with Crippen molar-refractivity contribution in [3.63, 3.8) is 0 Å². The first-order valence-corrected chi connectivity index (χ1v) is 8.57. The molecule has 1 aliphatic rings. The lowest BCUT2D eigenvalue weighted by Crippen LogP contribution is -2.32. The predicted molar refractivity (Wildman–Crippen MR) is 98.0 cm³/mol. The third-order valence-electron chi connectivity index (χ3n) is 4.54. The van der Waals surface area contributed by atoms with Crippen molar-refractivity contribution in [2.24, 2.45) is 5.73 Å². The lowest BCUT2D eigenvalue weighted by Gasteiger charge is -2.28. The quantitative estimate of drug-likeness (QED) is 0.915. The fraction of sp³-hybridized carbons (Fsp3) is 0.300. The molecule has 0 spiro atoms. The lowest BCUT2D eigenvalue weighted by atomic mass is 9.83. The van der Waals surface area contributed by atoms with Gasteiger partial charge in [-0.05, 0) is 26.8 Å². The summed E-state index contributed by atoms with van der Waals surface area (Å²) in [4.78, 5) is 13.2. The summed E-state index contributed by atoms with van der Waals surface area (Å²) in [5.41, 5.74) is 7.96. The van der Waals surface area contributed by atoms with Crippen molar-refractivity contribution < 1.29 is 9.47 Å². The van der Waals surface area contributed by atoms with E-state index in [1.54, 1.807) is 10.6 Å². The van der Waals surface area contributed by atoms with Gasteiger partial charge in [-0.3, -0.25) is 4.79 Å². The van der Waals surface area contributed by atoms with E-state index in [2.05, 4.69) is 6.07 Å². The van der Waals surface area contributed by atoms with E-state index in [9.17, 15) is 10.1 Å². The van der Waals surface area contributed by atoms with Crippen molar-refractivity contribution in [3.05, 3.63) is 69.0 Å². The largest absolute Gasteiger partial charge is 0.494 e. The lowest BCUT2D eigenvalue weighted by molar-refractivity contribution is 0.334. The van der Waals surface area contributed by atoms with Crippen molar-refractivity contribution in [1.29, 1.82) is 5.26 Å². The monoisotopic (exact) mass is 351 g/mol. The fourth-order valence-corrected chi connectivity index (χ4v) is 3.40. The van der Waals surface area contributed by atoms with Crippen LogP contribution in [0.3, 0.4) is 0 Å². The van der Waals surface area contributed by atoms with E-state index in [-0.39, 0.29) is 17.0 Å². The first-order valence-electron chi connectivity index (χ1n) is 8.57. The van der Waals surface area contributed by atoms with Crippen molar-refractivity contribution >= 4 is 0 Å². The number of allylic oxidation sites excluding steroid dienone is 1. The van der Waals surface area contributed by atoms with Crippen LogP contribution in [0.25, 0.3) is 0 Å². The van der Waals surface area contributed by atoms with Crippen LogP contribution in [0.1, 0.15) is 36.6 Å². The number of fused-ring (bicyclic) bond motifs is 1. The van der Waals surface area contributed by atoms with E-state index in [1.807, 2.05) is 45.0 Å². The Labute approximate surface area is 152 Å². The smallest absolute Gasteiger partial charge is 0.258 e. The van der Waals surface area contributed by atoms with E-state index < -0.39 is 5.92 Å². The molecule has 0 saturated carbocycles. The van der Waals surface area contributed by atoms with Crippen LogP contribution in [0.4, 0.5) is 0 Å². The Morgan fingerprint density at radius 3 is 2.73 bits per heavy atom. The number of nitrogens with two attached hydrogens (primary N) is 1. The van der Waals surface area contributed by atoms with Gasteiger partial charge in [0.25, 0.3) is 5.56 Å². The highest BCUT2D eigenvalue weighted by molar-refractivity contribution is 5.58. The van der Waals surface area contributed by atoms with Crippen molar-refractivity contribution in [2.75, 3.05) is 6.61 Å². The van der Waals surface area contributed by atoms with E-state index in [1.165, 1.54) is 0 Å². The minimum absolute atomic E-state index is 0.0179. The topological polar surface area (TPSA) is 90.3 Å². The minimum atomic E-state index is -0.627. The molecule has 1 aromatic carbocycles. The maximum atomic E-state index is 13.2. The molecular weight excluding hydrogens is 330 g/mol. The van der Waals surface area contributed by atoms with Gasteiger partial charge in [0.05, 0.1) is 18.1 Å². The maximum Gasteiger partial charge on any atom is 0.258 e. The molecule has 0 unspecified atom stereocenters. The summed E-state index contributed by atoms with van der Waals surface area (Å²) in [7, 11) is 0. The van der Waals surface area contributed by atoms with Gasteiger partial charge in [0.2, 0.25) is 5.88 Å². The zero-order valence-electron chi connectivity index (χ0n) is 15.1. The molecule has 0 fully saturated rings. The molecule has 1 aliphatic heterocycles. The van der Waals surface area contributed by atoms with Crippen molar-refractivity contribution in [3.8, 4) is 17.6 Å². The molecule has 3 rings (SSSR count). The number of hydrogen-bond donors (Lipinski definition) is 1.